The third-order valence-corrected chi connectivity index (χ3v) is 5.07. The largest absolute Gasteiger partial charge is 0.352 e. The van der Waals surface area contributed by atoms with E-state index in [1.807, 2.05) is 45.0 Å². The number of benzene rings is 2. The molecule has 2 atom stereocenters. The number of nitrogens with zero attached hydrogens (tertiary/aromatic N) is 1. The minimum Gasteiger partial charge on any atom is -0.352 e. The van der Waals surface area contributed by atoms with Crippen LogP contribution in [-0.2, 0) is 22.6 Å². The Morgan fingerprint density at radius 2 is 1.64 bits per heavy atom. The molecule has 1 N–H and O–H groups in total. The molecule has 0 aliphatic carbocycles. The van der Waals surface area contributed by atoms with E-state index >= 15 is 0 Å². The van der Waals surface area contributed by atoms with Crippen LogP contribution in [0.5, 0.6) is 0 Å². The number of amides is 2. The Balaban J connectivity index is 2.26. The van der Waals surface area contributed by atoms with Crippen LogP contribution in [0.1, 0.15) is 43.9 Å². The van der Waals surface area contributed by atoms with Gasteiger partial charge in [-0.15, -0.1) is 0 Å². The molecule has 4 nitrogen and oxygen atoms in total. The number of hydrogen-bond acceptors (Lipinski definition) is 2. The minimum absolute atomic E-state index is 0.0109. The van der Waals surface area contributed by atoms with Crippen molar-refractivity contribution in [3.8, 4) is 0 Å². The van der Waals surface area contributed by atoms with Crippen LogP contribution in [0.25, 0.3) is 0 Å². The second kappa shape index (κ2) is 10.0. The zero-order valence-corrected chi connectivity index (χ0v) is 17.0. The summed E-state index contributed by atoms with van der Waals surface area (Å²) in [6.07, 6.45) is 0.963. The molecule has 0 aromatic heterocycles. The molecule has 0 bridgehead atoms. The van der Waals surface area contributed by atoms with Crippen LogP contribution in [0, 0.1) is 12.7 Å². The SMILES string of the molecule is CC[C@@H](C)NC(=O)[C@H](C)N(Cc1ccccc1F)C(=O)Cc1ccccc1C. The minimum atomic E-state index is -0.704. The number of halogens is 1. The smallest absolute Gasteiger partial charge is 0.242 e. The van der Waals surface area contributed by atoms with Gasteiger partial charge in [-0.2, -0.15) is 0 Å². The van der Waals surface area contributed by atoms with E-state index in [4.69, 9.17) is 0 Å². The van der Waals surface area contributed by atoms with Gasteiger partial charge in [-0.05, 0) is 44.4 Å². The van der Waals surface area contributed by atoms with E-state index in [1.54, 1.807) is 25.1 Å². The van der Waals surface area contributed by atoms with Crippen molar-refractivity contribution in [3.05, 3.63) is 71.0 Å². The quantitative estimate of drug-likeness (QED) is 0.748. The maximum Gasteiger partial charge on any atom is 0.242 e. The van der Waals surface area contributed by atoms with Gasteiger partial charge in [0.15, 0.2) is 0 Å². The number of nitrogens with one attached hydrogen (secondary N) is 1. The molecular weight excluding hydrogens is 355 g/mol. The van der Waals surface area contributed by atoms with Crippen LogP contribution in [-0.4, -0.2) is 28.8 Å². The summed E-state index contributed by atoms with van der Waals surface area (Å²) in [5.41, 5.74) is 2.31. The van der Waals surface area contributed by atoms with Crippen LogP contribution < -0.4 is 5.32 Å². The van der Waals surface area contributed by atoms with Gasteiger partial charge >= 0.3 is 0 Å². The molecule has 5 heteroatoms. The molecular formula is C23H29FN2O2. The lowest BCUT2D eigenvalue weighted by Gasteiger charge is -2.30. The number of carbonyl (C=O) groups is 2. The predicted molar refractivity (Wildman–Crippen MR) is 109 cm³/mol. The molecule has 0 radical (unpaired) electrons. The maximum atomic E-state index is 14.2. The fraction of sp³-hybridized carbons (Fsp3) is 0.391. The highest BCUT2D eigenvalue weighted by Crippen LogP contribution is 2.16. The molecule has 2 aromatic rings. The Hall–Kier alpha value is -2.69. The second-order valence-corrected chi connectivity index (χ2v) is 7.21. The van der Waals surface area contributed by atoms with E-state index in [0.29, 0.717) is 5.56 Å². The highest BCUT2D eigenvalue weighted by molar-refractivity contribution is 5.88. The van der Waals surface area contributed by atoms with Gasteiger partial charge in [0, 0.05) is 18.2 Å². The van der Waals surface area contributed by atoms with Crippen molar-refractivity contribution in [1.29, 1.82) is 0 Å². The van der Waals surface area contributed by atoms with Crippen molar-refractivity contribution in [2.24, 2.45) is 0 Å². The Bertz CT molecular complexity index is 822. The van der Waals surface area contributed by atoms with Crippen molar-refractivity contribution >= 4 is 11.8 Å². The molecule has 28 heavy (non-hydrogen) atoms. The van der Waals surface area contributed by atoms with Gasteiger partial charge in [0.2, 0.25) is 11.8 Å². The Morgan fingerprint density at radius 1 is 1.04 bits per heavy atom. The molecule has 0 fully saturated rings. The lowest BCUT2D eigenvalue weighted by Crippen LogP contribution is -2.50. The van der Waals surface area contributed by atoms with Gasteiger partial charge in [0.05, 0.1) is 6.42 Å². The summed E-state index contributed by atoms with van der Waals surface area (Å²) >= 11 is 0. The topological polar surface area (TPSA) is 49.4 Å². The summed E-state index contributed by atoms with van der Waals surface area (Å²) in [6, 6.07) is 13.3. The number of aryl methyl sites for hydroxylation is 1. The van der Waals surface area contributed by atoms with Crippen LogP contribution in [0.2, 0.25) is 0 Å². The zero-order chi connectivity index (χ0) is 20.7. The normalized spacial score (nSPS) is 12.9. The van der Waals surface area contributed by atoms with Crippen LogP contribution in [0.3, 0.4) is 0 Å². The number of rotatable bonds is 8. The summed E-state index contributed by atoms with van der Waals surface area (Å²) < 4.78 is 14.2. The third-order valence-electron chi connectivity index (χ3n) is 5.07. The molecule has 0 spiro atoms. The summed E-state index contributed by atoms with van der Waals surface area (Å²) in [5, 5.41) is 2.91. The van der Waals surface area contributed by atoms with Crippen molar-refractivity contribution in [1.82, 2.24) is 10.2 Å². The molecule has 0 saturated carbocycles. The van der Waals surface area contributed by atoms with Crippen molar-refractivity contribution < 1.29 is 14.0 Å². The summed E-state index contributed by atoms with van der Waals surface area (Å²) in [4.78, 5) is 27.2. The molecule has 2 aromatic carbocycles. The Morgan fingerprint density at radius 3 is 2.25 bits per heavy atom. The first kappa shape index (κ1) is 21.6. The molecule has 150 valence electrons. The van der Waals surface area contributed by atoms with Crippen LogP contribution >= 0.6 is 0 Å². The van der Waals surface area contributed by atoms with E-state index in [-0.39, 0.29) is 36.6 Å². The zero-order valence-electron chi connectivity index (χ0n) is 17.0. The van der Waals surface area contributed by atoms with Crippen molar-refractivity contribution in [2.45, 2.75) is 59.2 Å². The van der Waals surface area contributed by atoms with E-state index in [9.17, 15) is 14.0 Å². The highest BCUT2D eigenvalue weighted by Gasteiger charge is 2.27. The highest BCUT2D eigenvalue weighted by atomic mass is 19.1. The molecule has 2 rings (SSSR count). The lowest BCUT2D eigenvalue weighted by atomic mass is 10.0. The van der Waals surface area contributed by atoms with E-state index in [0.717, 1.165) is 17.5 Å². The van der Waals surface area contributed by atoms with Gasteiger partial charge < -0.3 is 10.2 Å². The fourth-order valence-electron chi connectivity index (χ4n) is 2.93. The monoisotopic (exact) mass is 384 g/mol. The standard InChI is InChI=1S/C23H29FN2O2/c1-5-17(3)25-23(28)18(4)26(15-20-12-8-9-13-21(20)24)22(27)14-19-11-7-6-10-16(19)2/h6-13,17-18H,5,14-15H2,1-4H3,(H,25,28)/t17-,18+/m1/s1. The summed E-state index contributed by atoms with van der Waals surface area (Å²) in [5.74, 6) is -0.820. The van der Waals surface area contributed by atoms with Crippen LogP contribution in [0.15, 0.2) is 48.5 Å². The van der Waals surface area contributed by atoms with Gasteiger partial charge in [-0.3, -0.25) is 9.59 Å². The van der Waals surface area contributed by atoms with Crippen molar-refractivity contribution in [3.63, 3.8) is 0 Å². The summed E-state index contributed by atoms with van der Waals surface area (Å²) in [6.45, 7) is 7.58. The molecule has 0 saturated heterocycles. The van der Waals surface area contributed by atoms with Crippen LogP contribution in [0.4, 0.5) is 4.39 Å². The van der Waals surface area contributed by atoms with Gasteiger partial charge in [0.1, 0.15) is 11.9 Å². The van der Waals surface area contributed by atoms with Gasteiger partial charge in [0.25, 0.3) is 0 Å². The Kier molecular flexibility index (Phi) is 7.73. The number of carbonyl (C=O) groups excluding carboxylic acids is 2. The summed E-state index contributed by atoms with van der Waals surface area (Å²) in [7, 11) is 0. The predicted octanol–water partition coefficient (Wildman–Crippen LogP) is 4.01. The lowest BCUT2D eigenvalue weighted by molar-refractivity contribution is -0.140. The van der Waals surface area contributed by atoms with E-state index in [2.05, 4.69) is 5.32 Å². The first-order valence-corrected chi connectivity index (χ1v) is 9.71. The van der Waals surface area contributed by atoms with E-state index < -0.39 is 6.04 Å². The number of hydrogen-bond donors (Lipinski definition) is 1. The van der Waals surface area contributed by atoms with E-state index in [1.165, 1.54) is 11.0 Å². The molecule has 0 unspecified atom stereocenters. The second-order valence-electron chi connectivity index (χ2n) is 7.21. The molecule has 0 aliphatic rings. The first-order valence-electron chi connectivity index (χ1n) is 9.71. The average Bonchev–Trinajstić information content (AvgIpc) is 2.68. The first-order chi connectivity index (χ1) is 13.3. The average molecular weight is 384 g/mol. The van der Waals surface area contributed by atoms with Gasteiger partial charge in [-0.25, -0.2) is 4.39 Å². The maximum absolute atomic E-state index is 14.2. The van der Waals surface area contributed by atoms with Gasteiger partial charge in [-0.1, -0.05) is 49.4 Å². The molecule has 2 amide bonds. The molecule has 0 aliphatic heterocycles. The molecule has 0 heterocycles. The third kappa shape index (κ3) is 5.65. The Labute approximate surface area is 166 Å². The van der Waals surface area contributed by atoms with Crippen molar-refractivity contribution in [2.75, 3.05) is 0 Å². The fourth-order valence-corrected chi connectivity index (χ4v) is 2.93.